The van der Waals surface area contributed by atoms with E-state index < -0.39 is 0 Å². The maximum Gasteiger partial charge on any atom is 0.146 e. The van der Waals surface area contributed by atoms with E-state index >= 15 is 0 Å². The van der Waals surface area contributed by atoms with Crippen LogP contribution >= 0.6 is 11.3 Å². The lowest BCUT2D eigenvalue weighted by molar-refractivity contribution is 0.0937. The van der Waals surface area contributed by atoms with Gasteiger partial charge < -0.3 is 10.1 Å². The fraction of sp³-hybridized carbons (Fsp3) is 0.857. The van der Waals surface area contributed by atoms with Crippen molar-refractivity contribution in [3.05, 3.63) is 10.0 Å². The molecule has 0 radical (unpaired) electrons. The average molecular weight is 283 g/mol. The van der Waals surface area contributed by atoms with Crippen LogP contribution < -0.4 is 5.32 Å². The Labute approximate surface area is 120 Å². The zero-order valence-corrected chi connectivity index (χ0v) is 13.2. The summed E-state index contributed by atoms with van der Waals surface area (Å²) in [4.78, 5) is 0. The molecule has 1 aromatic heterocycles. The third-order valence-electron chi connectivity index (χ3n) is 3.34. The van der Waals surface area contributed by atoms with Gasteiger partial charge in [-0.2, -0.15) is 0 Å². The highest BCUT2D eigenvalue weighted by atomic mass is 32.1. The molecule has 4 nitrogen and oxygen atoms in total. The van der Waals surface area contributed by atoms with Crippen LogP contribution in [-0.4, -0.2) is 28.9 Å². The van der Waals surface area contributed by atoms with Gasteiger partial charge in [0.1, 0.15) is 16.1 Å². The summed E-state index contributed by atoms with van der Waals surface area (Å²) in [7, 11) is 0. The first kappa shape index (κ1) is 14.9. The molecule has 0 aromatic carbocycles. The summed E-state index contributed by atoms with van der Waals surface area (Å²) in [6.45, 7) is 10.7. The Morgan fingerprint density at radius 2 is 2.16 bits per heavy atom. The molecule has 19 heavy (non-hydrogen) atoms. The van der Waals surface area contributed by atoms with Gasteiger partial charge >= 0.3 is 0 Å². The standard InChI is InChI=1S/C14H25N3OS/c1-10-7-9-18-12(10)13-17-16-11(19-13)6-5-8-15-14(2,3)4/h10,12,15H,5-9H2,1-4H3. The van der Waals surface area contributed by atoms with Gasteiger partial charge in [-0.3, -0.25) is 0 Å². The topological polar surface area (TPSA) is 47.0 Å². The van der Waals surface area contributed by atoms with Gasteiger partial charge in [0.2, 0.25) is 0 Å². The number of aryl methyl sites for hydroxylation is 1. The third kappa shape index (κ3) is 4.51. The molecular formula is C14H25N3OS. The maximum absolute atomic E-state index is 5.73. The number of hydrogen-bond donors (Lipinski definition) is 1. The molecule has 5 heteroatoms. The fourth-order valence-corrected chi connectivity index (χ4v) is 3.26. The molecule has 2 unspecified atom stereocenters. The zero-order chi connectivity index (χ0) is 13.9. The average Bonchev–Trinajstić information content (AvgIpc) is 2.91. The Kier molecular flexibility index (Phi) is 4.92. The van der Waals surface area contributed by atoms with Crippen LogP contribution in [0.1, 0.15) is 56.7 Å². The van der Waals surface area contributed by atoms with Gasteiger partial charge in [0, 0.05) is 18.6 Å². The van der Waals surface area contributed by atoms with Crippen molar-refractivity contribution in [2.24, 2.45) is 5.92 Å². The van der Waals surface area contributed by atoms with Crippen molar-refractivity contribution in [1.82, 2.24) is 15.5 Å². The first-order valence-electron chi connectivity index (χ1n) is 7.14. The van der Waals surface area contributed by atoms with Crippen LogP contribution in [0, 0.1) is 5.92 Å². The lowest BCUT2D eigenvalue weighted by atomic mass is 10.1. The van der Waals surface area contributed by atoms with Crippen molar-refractivity contribution >= 4 is 11.3 Å². The molecule has 1 aliphatic heterocycles. The molecule has 2 rings (SSSR count). The number of aromatic nitrogens is 2. The van der Waals surface area contributed by atoms with Gasteiger partial charge in [0.25, 0.3) is 0 Å². The van der Waals surface area contributed by atoms with Gasteiger partial charge in [-0.15, -0.1) is 10.2 Å². The van der Waals surface area contributed by atoms with E-state index in [0.29, 0.717) is 5.92 Å². The Balaban J connectivity index is 1.78. The number of nitrogens with one attached hydrogen (secondary N) is 1. The molecule has 1 fully saturated rings. The summed E-state index contributed by atoms with van der Waals surface area (Å²) >= 11 is 1.72. The van der Waals surface area contributed by atoms with Crippen LogP contribution in [0.15, 0.2) is 0 Å². The quantitative estimate of drug-likeness (QED) is 0.844. The highest BCUT2D eigenvalue weighted by Gasteiger charge is 2.28. The van der Waals surface area contributed by atoms with Crippen molar-refractivity contribution in [3.63, 3.8) is 0 Å². The predicted octanol–water partition coefficient (Wildman–Crippen LogP) is 2.96. The Hall–Kier alpha value is -0.520. The molecule has 1 saturated heterocycles. The molecule has 0 aliphatic carbocycles. The van der Waals surface area contributed by atoms with Crippen LogP contribution in [0.4, 0.5) is 0 Å². The van der Waals surface area contributed by atoms with E-state index in [1.165, 1.54) is 0 Å². The molecule has 1 aliphatic rings. The third-order valence-corrected chi connectivity index (χ3v) is 4.38. The van der Waals surface area contributed by atoms with E-state index in [4.69, 9.17) is 4.74 Å². The minimum Gasteiger partial charge on any atom is -0.371 e. The van der Waals surface area contributed by atoms with Gasteiger partial charge in [-0.25, -0.2) is 0 Å². The van der Waals surface area contributed by atoms with E-state index in [9.17, 15) is 0 Å². The molecule has 0 spiro atoms. The predicted molar refractivity (Wildman–Crippen MR) is 78.5 cm³/mol. The van der Waals surface area contributed by atoms with E-state index in [-0.39, 0.29) is 11.6 Å². The van der Waals surface area contributed by atoms with Crippen molar-refractivity contribution in [1.29, 1.82) is 0 Å². The summed E-state index contributed by atoms with van der Waals surface area (Å²) < 4.78 is 5.73. The first-order valence-corrected chi connectivity index (χ1v) is 7.96. The van der Waals surface area contributed by atoms with Crippen LogP contribution in [0.25, 0.3) is 0 Å². The molecular weight excluding hydrogens is 258 g/mol. The molecule has 108 valence electrons. The smallest absolute Gasteiger partial charge is 0.146 e. The first-order chi connectivity index (χ1) is 8.96. The summed E-state index contributed by atoms with van der Waals surface area (Å²) in [5, 5.41) is 14.3. The second kappa shape index (κ2) is 6.29. The maximum atomic E-state index is 5.73. The van der Waals surface area contributed by atoms with E-state index in [1.807, 2.05) is 0 Å². The normalized spacial score (nSPS) is 24.0. The number of ether oxygens (including phenoxy) is 1. The van der Waals surface area contributed by atoms with Crippen LogP contribution in [0.2, 0.25) is 0 Å². The van der Waals surface area contributed by atoms with Gasteiger partial charge in [0.15, 0.2) is 0 Å². The summed E-state index contributed by atoms with van der Waals surface area (Å²) in [6.07, 6.45) is 3.42. The summed E-state index contributed by atoms with van der Waals surface area (Å²) in [6, 6.07) is 0. The Bertz CT molecular complexity index is 400. The zero-order valence-electron chi connectivity index (χ0n) is 12.4. The number of hydrogen-bond acceptors (Lipinski definition) is 5. The van der Waals surface area contributed by atoms with Crippen molar-refractivity contribution in [2.45, 2.75) is 58.6 Å². The van der Waals surface area contributed by atoms with Crippen molar-refractivity contribution in [2.75, 3.05) is 13.2 Å². The second-order valence-electron chi connectivity index (χ2n) is 6.37. The molecule has 0 amide bonds. The van der Waals surface area contributed by atoms with Gasteiger partial charge in [0.05, 0.1) is 0 Å². The Morgan fingerprint density at radius 1 is 1.37 bits per heavy atom. The molecule has 2 atom stereocenters. The van der Waals surface area contributed by atoms with Crippen LogP contribution in [-0.2, 0) is 11.2 Å². The van der Waals surface area contributed by atoms with Gasteiger partial charge in [-0.1, -0.05) is 18.3 Å². The van der Waals surface area contributed by atoms with E-state index in [0.717, 1.165) is 42.4 Å². The van der Waals surface area contributed by atoms with Crippen molar-refractivity contribution < 1.29 is 4.74 Å². The largest absolute Gasteiger partial charge is 0.371 e. The molecule has 2 heterocycles. The summed E-state index contributed by atoms with van der Waals surface area (Å²) in [5.41, 5.74) is 0.194. The molecule has 0 bridgehead atoms. The molecule has 1 aromatic rings. The van der Waals surface area contributed by atoms with E-state index in [1.54, 1.807) is 11.3 Å². The van der Waals surface area contributed by atoms with Gasteiger partial charge in [-0.05, 0) is 46.1 Å². The SMILES string of the molecule is CC1CCOC1c1nnc(CCCNC(C)(C)C)s1. The highest BCUT2D eigenvalue weighted by Crippen LogP contribution is 2.35. The second-order valence-corrected chi connectivity index (χ2v) is 7.47. The highest BCUT2D eigenvalue weighted by molar-refractivity contribution is 7.11. The molecule has 1 N–H and O–H groups in total. The number of rotatable bonds is 5. The van der Waals surface area contributed by atoms with Crippen LogP contribution in [0.3, 0.4) is 0 Å². The Morgan fingerprint density at radius 3 is 2.79 bits per heavy atom. The molecule has 0 saturated carbocycles. The minimum atomic E-state index is 0.180. The van der Waals surface area contributed by atoms with E-state index in [2.05, 4.69) is 43.2 Å². The fourth-order valence-electron chi connectivity index (χ4n) is 2.20. The monoisotopic (exact) mass is 283 g/mol. The number of nitrogens with zero attached hydrogens (tertiary/aromatic N) is 2. The lowest BCUT2D eigenvalue weighted by Gasteiger charge is -2.20. The van der Waals surface area contributed by atoms with Crippen molar-refractivity contribution in [3.8, 4) is 0 Å². The summed E-state index contributed by atoms with van der Waals surface area (Å²) in [5.74, 6) is 0.573. The minimum absolute atomic E-state index is 0.180. The lowest BCUT2D eigenvalue weighted by Crippen LogP contribution is -2.36. The van der Waals surface area contributed by atoms with Crippen LogP contribution in [0.5, 0.6) is 0 Å².